The topological polar surface area (TPSA) is 116 Å². The molecular weight excluding hydrogens is 406 g/mol. The van der Waals surface area contributed by atoms with E-state index in [-0.39, 0.29) is 10.7 Å². The molecule has 30 heavy (non-hydrogen) atoms. The molecule has 0 unspecified atom stereocenters. The van der Waals surface area contributed by atoms with E-state index in [1.807, 2.05) is 38.1 Å². The molecule has 0 atom stereocenters. The molecule has 0 fully saturated rings. The van der Waals surface area contributed by atoms with Crippen LogP contribution < -0.4 is 19.7 Å². The van der Waals surface area contributed by atoms with E-state index in [0.717, 1.165) is 5.69 Å². The van der Waals surface area contributed by atoms with E-state index in [0.29, 0.717) is 23.7 Å². The molecular formula is C20H23N5O4S. The molecule has 0 aliphatic rings. The first-order valence-corrected chi connectivity index (χ1v) is 10.7. The number of anilines is 3. The van der Waals surface area contributed by atoms with Gasteiger partial charge >= 0.3 is 0 Å². The molecule has 10 heteroatoms. The van der Waals surface area contributed by atoms with Gasteiger partial charge in [-0.05, 0) is 55.5 Å². The van der Waals surface area contributed by atoms with Crippen LogP contribution in [-0.2, 0) is 10.0 Å². The Morgan fingerprint density at radius 2 is 1.70 bits per heavy atom. The lowest BCUT2D eigenvalue weighted by atomic mass is 10.2. The number of nitrogens with one attached hydrogen (secondary N) is 3. The number of sulfonamides is 1. The Bertz CT molecular complexity index is 1110. The number of ether oxygens (including phenoxy) is 1. The van der Waals surface area contributed by atoms with Crippen LogP contribution in [0.3, 0.4) is 0 Å². The summed E-state index contributed by atoms with van der Waals surface area (Å²) in [7, 11) is -0.0989. The summed E-state index contributed by atoms with van der Waals surface area (Å²) in [5.41, 5.74) is 1.88. The zero-order chi connectivity index (χ0) is 21.7. The number of aromatic nitrogens is 2. The van der Waals surface area contributed by atoms with Gasteiger partial charge < -0.3 is 15.0 Å². The highest BCUT2D eigenvalue weighted by atomic mass is 32.2. The average molecular weight is 430 g/mol. The first-order valence-electron chi connectivity index (χ1n) is 9.18. The maximum Gasteiger partial charge on any atom is 0.278 e. The van der Waals surface area contributed by atoms with Crippen LogP contribution in [0.5, 0.6) is 5.75 Å². The third kappa shape index (κ3) is 5.09. The van der Waals surface area contributed by atoms with E-state index >= 15 is 0 Å². The predicted molar refractivity (Wildman–Crippen MR) is 116 cm³/mol. The van der Waals surface area contributed by atoms with Crippen LogP contribution >= 0.6 is 0 Å². The lowest BCUT2D eigenvalue weighted by molar-refractivity contribution is 0.102. The van der Waals surface area contributed by atoms with Crippen LogP contribution in [0.15, 0.2) is 59.6 Å². The number of aromatic amines is 1. The lowest BCUT2D eigenvalue weighted by Crippen LogP contribution is -2.14. The Hall–Kier alpha value is -3.53. The van der Waals surface area contributed by atoms with Crippen LogP contribution in [0.1, 0.15) is 17.4 Å². The largest absolute Gasteiger partial charge is 0.494 e. The quantitative estimate of drug-likeness (QED) is 0.507. The summed E-state index contributed by atoms with van der Waals surface area (Å²) in [6, 6.07) is 14.9. The Kier molecular flexibility index (Phi) is 6.26. The summed E-state index contributed by atoms with van der Waals surface area (Å²) in [5, 5.41) is 8.69. The smallest absolute Gasteiger partial charge is 0.278 e. The van der Waals surface area contributed by atoms with Crippen LogP contribution in [-0.4, -0.2) is 45.2 Å². The third-order valence-corrected chi connectivity index (χ3v) is 5.43. The second kappa shape index (κ2) is 8.87. The summed E-state index contributed by atoms with van der Waals surface area (Å²) < 4.78 is 32.9. The molecule has 0 spiro atoms. The molecule has 3 rings (SSSR count). The number of rotatable bonds is 8. The summed E-state index contributed by atoms with van der Waals surface area (Å²) in [5.74, 6) is 0.117. The molecule has 0 saturated heterocycles. The maximum absolute atomic E-state index is 12.6. The van der Waals surface area contributed by atoms with Gasteiger partial charge in [-0.15, -0.1) is 0 Å². The Morgan fingerprint density at radius 1 is 1.07 bits per heavy atom. The minimum absolute atomic E-state index is 0.0428. The molecule has 158 valence electrons. The van der Waals surface area contributed by atoms with E-state index in [9.17, 15) is 13.2 Å². The van der Waals surface area contributed by atoms with E-state index in [4.69, 9.17) is 4.74 Å². The van der Waals surface area contributed by atoms with Crippen molar-refractivity contribution < 1.29 is 17.9 Å². The molecule has 1 aromatic heterocycles. The van der Waals surface area contributed by atoms with Gasteiger partial charge in [0.15, 0.2) is 10.7 Å². The summed E-state index contributed by atoms with van der Waals surface area (Å²) >= 11 is 0. The van der Waals surface area contributed by atoms with Crippen LogP contribution in [0, 0.1) is 0 Å². The standard InChI is InChI=1S/C20H23N5O4S/c1-4-29-17-11-7-15(8-12-17)24-30(27,28)19-13-18(22-23-19)20(26)21-14-5-9-16(10-6-14)25(2)3/h5-13,24H,4H2,1-3H3,(H,21,26)(H,22,23). The fourth-order valence-corrected chi connectivity index (χ4v) is 3.58. The molecule has 3 aromatic rings. The minimum Gasteiger partial charge on any atom is -0.494 e. The van der Waals surface area contributed by atoms with Crippen molar-refractivity contribution in [2.75, 3.05) is 35.6 Å². The van der Waals surface area contributed by atoms with Crippen molar-refractivity contribution in [3.05, 3.63) is 60.3 Å². The molecule has 0 bridgehead atoms. The van der Waals surface area contributed by atoms with E-state index in [1.54, 1.807) is 36.4 Å². The molecule has 3 N–H and O–H groups in total. The fourth-order valence-electron chi connectivity index (χ4n) is 2.59. The number of hydrogen-bond donors (Lipinski definition) is 3. The highest BCUT2D eigenvalue weighted by Gasteiger charge is 2.20. The number of benzene rings is 2. The first-order chi connectivity index (χ1) is 14.3. The molecule has 0 saturated carbocycles. The van der Waals surface area contributed by atoms with Crippen molar-refractivity contribution >= 4 is 33.0 Å². The van der Waals surface area contributed by atoms with Crippen LogP contribution in [0.4, 0.5) is 17.1 Å². The SMILES string of the molecule is CCOc1ccc(NS(=O)(=O)c2cc(C(=O)Nc3ccc(N(C)C)cc3)n[nH]2)cc1. The molecule has 1 heterocycles. The number of carbonyl (C=O) groups excluding carboxylic acids is 1. The van der Waals surface area contributed by atoms with Crippen molar-refractivity contribution in [3.63, 3.8) is 0 Å². The molecule has 0 aliphatic heterocycles. The number of amides is 1. The van der Waals surface area contributed by atoms with E-state index in [2.05, 4.69) is 20.2 Å². The predicted octanol–water partition coefficient (Wildman–Crippen LogP) is 2.93. The zero-order valence-electron chi connectivity index (χ0n) is 16.8. The molecule has 1 amide bonds. The Labute approximate surface area is 175 Å². The normalized spacial score (nSPS) is 11.0. The Balaban J connectivity index is 1.68. The molecule has 2 aromatic carbocycles. The summed E-state index contributed by atoms with van der Waals surface area (Å²) in [6.45, 7) is 2.38. The van der Waals surface area contributed by atoms with Crippen LogP contribution in [0.2, 0.25) is 0 Å². The van der Waals surface area contributed by atoms with E-state index in [1.165, 1.54) is 6.07 Å². The summed E-state index contributed by atoms with van der Waals surface area (Å²) in [4.78, 5) is 14.3. The molecule has 0 aliphatic carbocycles. The molecule has 0 radical (unpaired) electrons. The van der Waals surface area contributed by atoms with Crippen molar-refractivity contribution in [1.29, 1.82) is 0 Å². The molecule has 9 nitrogen and oxygen atoms in total. The fraction of sp³-hybridized carbons (Fsp3) is 0.200. The van der Waals surface area contributed by atoms with Gasteiger partial charge in [-0.1, -0.05) is 0 Å². The highest BCUT2D eigenvalue weighted by molar-refractivity contribution is 7.92. The van der Waals surface area contributed by atoms with Crippen molar-refractivity contribution in [2.24, 2.45) is 0 Å². The second-order valence-electron chi connectivity index (χ2n) is 6.58. The van der Waals surface area contributed by atoms with Crippen LogP contribution in [0.25, 0.3) is 0 Å². The maximum atomic E-state index is 12.6. The van der Waals surface area contributed by atoms with Gasteiger partial charge in [0.2, 0.25) is 0 Å². The van der Waals surface area contributed by atoms with Gasteiger partial charge in [0.1, 0.15) is 5.75 Å². The van der Waals surface area contributed by atoms with Gasteiger partial charge in [0.05, 0.1) is 6.61 Å². The zero-order valence-corrected chi connectivity index (χ0v) is 17.7. The van der Waals surface area contributed by atoms with Gasteiger partial charge in [-0.25, -0.2) is 0 Å². The highest BCUT2D eigenvalue weighted by Crippen LogP contribution is 2.20. The number of hydrogen-bond acceptors (Lipinski definition) is 6. The number of carbonyl (C=O) groups is 1. The third-order valence-electron chi connectivity index (χ3n) is 4.14. The lowest BCUT2D eigenvalue weighted by Gasteiger charge is -2.12. The van der Waals surface area contributed by atoms with Crippen molar-refractivity contribution in [3.8, 4) is 5.75 Å². The Morgan fingerprint density at radius 3 is 2.30 bits per heavy atom. The van der Waals surface area contributed by atoms with Gasteiger partial charge in [0.25, 0.3) is 15.9 Å². The first kappa shape index (κ1) is 21.2. The number of H-pyrrole nitrogens is 1. The minimum atomic E-state index is -3.93. The van der Waals surface area contributed by atoms with Gasteiger partial charge in [0, 0.05) is 37.2 Å². The van der Waals surface area contributed by atoms with Gasteiger partial charge in [-0.2, -0.15) is 13.5 Å². The second-order valence-corrected chi connectivity index (χ2v) is 8.23. The van der Waals surface area contributed by atoms with Gasteiger partial charge in [-0.3, -0.25) is 14.6 Å². The van der Waals surface area contributed by atoms with Crippen molar-refractivity contribution in [2.45, 2.75) is 11.9 Å². The number of nitrogens with zero attached hydrogens (tertiary/aromatic N) is 2. The van der Waals surface area contributed by atoms with Crippen molar-refractivity contribution in [1.82, 2.24) is 10.2 Å². The van der Waals surface area contributed by atoms with E-state index < -0.39 is 15.9 Å². The monoisotopic (exact) mass is 429 g/mol. The summed E-state index contributed by atoms with van der Waals surface area (Å²) in [6.07, 6.45) is 0. The average Bonchev–Trinajstić information content (AvgIpc) is 3.21.